The van der Waals surface area contributed by atoms with Crippen LogP contribution in [-0.4, -0.2) is 24.7 Å². The average molecular weight is 414 g/mol. The quantitative estimate of drug-likeness (QED) is 0.501. The first-order chi connectivity index (χ1) is 11.2. The summed E-state index contributed by atoms with van der Waals surface area (Å²) in [5.74, 6) is 0. The van der Waals surface area contributed by atoms with Crippen LogP contribution in [0.4, 0.5) is 61.5 Å². The lowest BCUT2D eigenvalue weighted by atomic mass is 9.82. The Labute approximate surface area is 134 Å². The van der Waals surface area contributed by atoms with Gasteiger partial charge in [0.15, 0.2) is 0 Å². The van der Waals surface area contributed by atoms with Gasteiger partial charge in [-0.3, -0.25) is 0 Å². The van der Waals surface area contributed by atoms with Crippen molar-refractivity contribution in [3.8, 4) is 0 Å². The van der Waals surface area contributed by atoms with Crippen LogP contribution in [0.15, 0.2) is 24.3 Å². The van der Waals surface area contributed by atoms with Crippen LogP contribution >= 0.6 is 0 Å². The molecule has 0 aliphatic carbocycles. The largest absolute Gasteiger partial charge is 0.435 e. The van der Waals surface area contributed by atoms with Gasteiger partial charge in [0.25, 0.3) is 0 Å². The molecule has 0 spiro atoms. The van der Waals surface area contributed by atoms with Crippen molar-refractivity contribution in [2.45, 2.75) is 36.0 Å². The first kappa shape index (κ1) is 22.3. The normalized spacial score (nSPS) is 15.3. The van der Waals surface area contributed by atoms with Gasteiger partial charge < -0.3 is 0 Å². The lowest BCUT2D eigenvalue weighted by Gasteiger charge is -2.36. The number of hydrogen-bond donors (Lipinski definition) is 0. The van der Waals surface area contributed by atoms with Crippen molar-refractivity contribution in [1.82, 2.24) is 0 Å². The van der Waals surface area contributed by atoms with Gasteiger partial charge in [0.1, 0.15) is 0 Å². The van der Waals surface area contributed by atoms with E-state index in [1.165, 1.54) is 0 Å². The van der Waals surface area contributed by atoms with Gasteiger partial charge >= 0.3 is 36.0 Å². The van der Waals surface area contributed by atoms with E-state index in [0.717, 1.165) is 0 Å². The molecule has 1 aromatic carbocycles. The zero-order chi connectivity index (χ0) is 21.0. The number of rotatable bonds is 2. The number of halogens is 14. The maximum absolute atomic E-state index is 14.0. The first-order valence-corrected chi connectivity index (χ1v) is 5.97. The van der Waals surface area contributed by atoms with Crippen LogP contribution in [0, 0.1) is 0 Å². The molecule has 1 rings (SSSR count). The summed E-state index contributed by atoms with van der Waals surface area (Å²) in [6.45, 7) is 0. The fraction of sp³-hybridized carbons (Fsp3) is 0.500. The molecule has 26 heavy (non-hydrogen) atoms. The van der Waals surface area contributed by atoms with E-state index in [0.29, 0.717) is 0 Å². The molecule has 0 nitrogen and oxygen atoms in total. The Kier molecular flexibility index (Phi) is 5.03. The third kappa shape index (κ3) is 3.06. The Morgan fingerprint density at radius 2 is 0.577 bits per heavy atom. The molecule has 0 aliphatic rings. The monoisotopic (exact) mass is 414 g/mol. The molecule has 0 bridgehead atoms. The average Bonchev–Trinajstić information content (AvgIpc) is 2.40. The number of alkyl halides is 14. The summed E-state index contributed by atoms with van der Waals surface area (Å²) in [6.07, 6.45) is -28.2. The van der Waals surface area contributed by atoms with E-state index >= 15 is 0 Å². The van der Waals surface area contributed by atoms with Crippen LogP contribution in [0.25, 0.3) is 0 Å². The van der Waals surface area contributed by atoms with Gasteiger partial charge in [-0.2, -0.15) is 52.7 Å². The molecule has 0 unspecified atom stereocenters. The highest BCUT2D eigenvalue weighted by atomic mass is 19.4. The Hall–Kier alpha value is -1.76. The number of hydrogen-bond acceptors (Lipinski definition) is 0. The first-order valence-electron chi connectivity index (χ1n) is 5.97. The van der Waals surface area contributed by atoms with Crippen LogP contribution in [-0.2, 0) is 11.3 Å². The molecule has 0 aromatic heterocycles. The van der Waals surface area contributed by atoms with Crippen LogP contribution < -0.4 is 0 Å². The molecule has 0 N–H and O–H groups in total. The van der Waals surface area contributed by atoms with Gasteiger partial charge in [-0.15, -0.1) is 0 Å². The van der Waals surface area contributed by atoms with Crippen molar-refractivity contribution in [3.05, 3.63) is 35.4 Å². The van der Waals surface area contributed by atoms with Crippen molar-refractivity contribution in [2.24, 2.45) is 0 Å². The fourth-order valence-electron chi connectivity index (χ4n) is 2.02. The SMILES string of the molecule is FC(F)(F)C(F)(c1ccccc1C(F)(C(F)(F)F)C(F)(F)F)C(F)(F)F. The van der Waals surface area contributed by atoms with Crippen molar-refractivity contribution in [1.29, 1.82) is 0 Å². The highest BCUT2D eigenvalue weighted by Crippen LogP contribution is 2.59. The fourth-order valence-corrected chi connectivity index (χ4v) is 2.02. The summed E-state index contributed by atoms with van der Waals surface area (Å²) < 4.78 is 180. The summed E-state index contributed by atoms with van der Waals surface area (Å²) in [7, 11) is 0. The Balaban J connectivity index is 4.03. The zero-order valence-electron chi connectivity index (χ0n) is 11.6. The molecular weight excluding hydrogens is 410 g/mol. The molecule has 0 atom stereocenters. The molecule has 0 aliphatic heterocycles. The summed E-state index contributed by atoms with van der Waals surface area (Å²) in [4.78, 5) is 0. The van der Waals surface area contributed by atoms with Crippen molar-refractivity contribution in [2.75, 3.05) is 0 Å². The van der Waals surface area contributed by atoms with Gasteiger partial charge in [-0.25, -0.2) is 8.78 Å². The van der Waals surface area contributed by atoms with Crippen molar-refractivity contribution < 1.29 is 61.5 Å². The van der Waals surface area contributed by atoms with E-state index in [-0.39, 0.29) is 12.1 Å². The topological polar surface area (TPSA) is 0 Å². The standard InChI is InChI=1S/C12H4F14/c13-7(9(15,16)17,10(18,19)20)5-3-1-2-4-6(5)8(14,11(21,22)23)12(24,25)26/h1-4H. The highest BCUT2D eigenvalue weighted by molar-refractivity contribution is 5.41. The van der Waals surface area contributed by atoms with Crippen LogP contribution in [0.3, 0.4) is 0 Å². The van der Waals surface area contributed by atoms with Gasteiger partial charge in [0, 0.05) is 11.1 Å². The predicted molar refractivity (Wildman–Crippen MR) is 56.2 cm³/mol. The maximum atomic E-state index is 14.0. The number of benzene rings is 1. The molecule has 14 heteroatoms. The molecule has 0 saturated carbocycles. The van der Waals surface area contributed by atoms with Gasteiger partial charge in [-0.05, 0) is 0 Å². The molecule has 0 radical (unpaired) electrons. The second kappa shape index (κ2) is 5.87. The molecule has 0 saturated heterocycles. The van der Waals surface area contributed by atoms with E-state index in [1.807, 2.05) is 0 Å². The highest BCUT2D eigenvalue weighted by Gasteiger charge is 2.79. The molecule has 0 heterocycles. The van der Waals surface area contributed by atoms with Gasteiger partial charge in [0.2, 0.25) is 0 Å². The molecule has 150 valence electrons. The summed E-state index contributed by atoms with van der Waals surface area (Å²) in [5, 5.41) is 0. The smallest absolute Gasteiger partial charge is 0.218 e. The minimum atomic E-state index is -7.04. The summed E-state index contributed by atoms with van der Waals surface area (Å²) in [6, 6.07) is -1.11. The second-order valence-corrected chi connectivity index (χ2v) is 4.85. The Bertz CT molecular complexity index is 559. The third-order valence-electron chi connectivity index (χ3n) is 3.23. The Morgan fingerprint density at radius 1 is 0.385 bits per heavy atom. The van der Waals surface area contributed by atoms with Gasteiger partial charge in [-0.1, -0.05) is 24.3 Å². The van der Waals surface area contributed by atoms with E-state index in [1.54, 1.807) is 0 Å². The predicted octanol–water partition coefficient (Wildman–Crippen LogP) is 6.27. The lowest BCUT2D eigenvalue weighted by molar-refractivity contribution is -0.359. The van der Waals surface area contributed by atoms with Crippen LogP contribution in [0.5, 0.6) is 0 Å². The van der Waals surface area contributed by atoms with E-state index < -0.39 is 59.3 Å². The zero-order valence-corrected chi connectivity index (χ0v) is 11.6. The van der Waals surface area contributed by atoms with E-state index in [2.05, 4.69) is 0 Å². The molecule has 1 aromatic rings. The minimum Gasteiger partial charge on any atom is -0.218 e. The van der Waals surface area contributed by atoms with Crippen molar-refractivity contribution in [3.63, 3.8) is 0 Å². The minimum absolute atomic E-state index is 0.0951. The lowest BCUT2D eigenvalue weighted by Crippen LogP contribution is -2.55. The van der Waals surface area contributed by atoms with Gasteiger partial charge in [0.05, 0.1) is 0 Å². The van der Waals surface area contributed by atoms with E-state index in [4.69, 9.17) is 0 Å². The maximum Gasteiger partial charge on any atom is 0.435 e. The second-order valence-electron chi connectivity index (χ2n) is 4.85. The third-order valence-corrected chi connectivity index (χ3v) is 3.23. The van der Waals surface area contributed by atoms with E-state index in [9.17, 15) is 61.5 Å². The van der Waals surface area contributed by atoms with Crippen LogP contribution in [0.1, 0.15) is 11.1 Å². The summed E-state index contributed by atoms with van der Waals surface area (Å²) >= 11 is 0. The Morgan fingerprint density at radius 3 is 0.731 bits per heavy atom. The molecule has 0 amide bonds. The molecule has 0 fully saturated rings. The molecular formula is C12H4F14. The van der Waals surface area contributed by atoms with Crippen LogP contribution in [0.2, 0.25) is 0 Å². The van der Waals surface area contributed by atoms with Crippen molar-refractivity contribution >= 4 is 0 Å². The summed E-state index contributed by atoms with van der Waals surface area (Å²) in [5.41, 5.74) is -19.8.